The molecular formula is C21H17BrN2O3. The van der Waals surface area contributed by atoms with Gasteiger partial charge in [0.1, 0.15) is 5.52 Å². The van der Waals surface area contributed by atoms with Crippen LogP contribution in [0.4, 0.5) is 5.69 Å². The summed E-state index contributed by atoms with van der Waals surface area (Å²) in [5.74, 6) is 0.636. The third-order valence-electron chi connectivity index (χ3n) is 4.23. The van der Waals surface area contributed by atoms with Gasteiger partial charge in [-0.3, -0.25) is 4.79 Å². The third kappa shape index (κ3) is 3.80. The van der Waals surface area contributed by atoms with Gasteiger partial charge in [0.2, 0.25) is 0 Å². The average molecular weight is 425 g/mol. The molecule has 2 heterocycles. The monoisotopic (exact) mass is 424 g/mol. The van der Waals surface area contributed by atoms with Crippen molar-refractivity contribution in [2.75, 3.05) is 5.32 Å². The molecule has 136 valence electrons. The van der Waals surface area contributed by atoms with Crippen molar-refractivity contribution in [1.29, 1.82) is 0 Å². The molecule has 0 radical (unpaired) electrons. The molecule has 27 heavy (non-hydrogen) atoms. The second-order valence-corrected chi connectivity index (χ2v) is 7.25. The lowest BCUT2D eigenvalue weighted by atomic mass is 10.1. The predicted octanol–water partition coefficient (Wildman–Crippen LogP) is 5.64. The van der Waals surface area contributed by atoms with Gasteiger partial charge in [-0.2, -0.15) is 0 Å². The summed E-state index contributed by atoms with van der Waals surface area (Å²) in [5.41, 5.74) is 5.73. The molecule has 6 heteroatoms. The Kier molecular flexibility index (Phi) is 4.58. The maximum absolute atomic E-state index is 12.1. The van der Waals surface area contributed by atoms with E-state index < -0.39 is 0 Å². The number of fused-ring (bicyclic) bond motifs is 1. The van der Waals surface area contributed by atoms with E-state index in [2.05, 4.69) is 39.2 Å². The zero-order chi connectivity index (χ0) is 19.0. The first-order chi connectivity index (χ1) is 13.0. The number of benzene rings is 2. The van der Waals surface area contributed by atoms with E-state index in [0.29, 0.717) is 22.7 Å². The molecule has 1 N–H and O–H groups in total. The number of aryl methyl sites for hydroxylation is 2. The fourth-order valence-corrected chi connectivity index (χ4v) is 3.31. The lowest BCUT2D eigenvalue weighted by molar-refractivity contribution is 0.0995. The minimum atomic E-state index is -0.293. The predicted molar refractivity (Wildman–Crippen MR) is 107 cm³/mol. The Morgan fingerprint density at radius 2 is 1.85 bits per heavy atom. The molecule has 5 nitrogen and oxygen atoms in total. The van der Waals surface area contributed by atoms with E-state index in [1.807, 2.05) is 37.3 Å². The van der Waals surface area contributed by atoms with Crippen molar-refractivity contribution in [1.82, 2.24) is 4.98 Å². The highest BCUT2D eigenvalue weighted by atomic mass is 79.9. The van der Waals surface area contributed by atoms with Gasteiger partial charge in [-0.1, -0.05) is 18.2 Å². The number of nitrogens with one attached hydrogen (secondary N) is 1. The highest BCUT2D eigenvalue weighted by molar-refractivity contribution is 9.10. The van der Waals surface area contributed by atoms with Gasteiger partial charge < -0.3 is 14.2 Å². The average Bonchev–Trinajstić information content (AvgIpc) is 3.23. The maximum Gasteiger partial charge on any atom is 0.291 e. The molecule has 1 amide bonds. The summed E-state index contributed by atoms with van der Waals surface area (Å²) in [6, 6.07) is 15.0. The van der Waals surface area contributed by atoms with Crippen LogP contribution in [0.3, 0.4) is 0 Å². The van der Waals surface area contributed by atoms with E-state index >= 15 is 0 Å². The van der Waals surface area contributed by atoms with Crippen molar-refractivity contribution in [3.63, 3.8) is 0 Å². The van der Waals surface area contributed by atoms with Crippen molar-refractivity contribution < 1.29 is 13.6 Å². The standard InChI is InChI=1S/C21H17BrN2O3/c1-12-9-13(2)20-16(10-12)24-19(27-20)11-14-3-5-15(6-4-14)23-21(25)17-7-8-18(22)26-17/h3-10H,11H2,1-2H3,(H,23,25). The topological polar surface area (TPSA) is 68.3 Å². The van der Waals surface area contributed by atoms with Gasteiger partial charge >= 0.3 is 0 Å². The Morgan fingerprint density at radius 1 is 1.07 bits per heavy atom. The first-order valence-corrected chi connectivity index (χ1v) is 9.29. The number of amides is 1. The van der Waals surface area contributed by atoms with Crippen molar-refractivity contribution >= 4 is 38.6 Å². The van der Waals surface area contributed by atoms with Gasteiger partial charge in [0.25, 0.3) is 5.91 Å². The SMILES string of the molecule is Cc1cc(C)c2oc(Cc3ccc(NC(=O)c4ccc(Br)o4)cc3)nc2c1. The molecule has 0 unspecified atom stereocenters. The molecule has 4 rings (SSSR count). The molecule has 0 aliphatic rings. The largest absolute Gasteiger partial charge is 0.444 e. The van der Waals surface area contributed by atoms with Crippen molar-refractivity contribution in [2.45, 2.75) is 20.3 Å². The van der Waals surface area contributed by atoms with Crippen LogP contribution in [0.1, 0.15) is 33.1 Å². The van der Waals surface area contributed by atoms with Crippen LogP contribution in [0.5, 0.6) is 0 Å². The normalized spacial score (nSPS) is 11.1. The summed E-state index contributed by atoms with van der Waals surface area (Å²) < 4.78 is 11.7. The lowest BCUT2D eigenvalue weighted by Gasteiger charge is -2.04. The molecule has 0 atom stereocenters. The van der Waals surface area contributed by atoms with E-state index in [0.717, 1.165) is 22.2 Å². The van der Waals surface area contributed by atoms with Crippen LogP contribution >= 0.6 is 15.9 Å². The van der Waals surface area contributed by atoms with Gasteiger partial charge in [-0.05, 0) is 76.8 Å². The Bertz CT molecular complexity index is 1130. The molecule has 0 saturated carbocycles. The Balaban J connectivity index is 1.48. The van der Waals surface area contributed by atoms with E-state index in [1.165, 1.54) is 5.56 Å². The fraction of sp³-hybridized carbons (Fsp3) is 0.143. The van der Waals surface area contributed by atoms with Crippen molar-refractivity contribution in [3.8, 4) is 0 Å². The number of nitrogens with zero attached hydrogens (tertiary/aromatic N) is 1. The molecular weight excluding hydrogens is 408 g/mol. The summed E-state index contributed by atoms with van der Waals surface area (Å²) in [6.45, 7) is 4.08. The Hall–Kier alpha value is -2.86. The summed E-state index contributed by atoms with van der Waals surface area (Å²) in [5, 5.41) is 2.81. The number of hydrogen-bond donors (Lipinski definition) is 1. The van der Waals surface area contributed by atoms with E-state index in [-0.39, 0.29) is 11.7 Å². The van der Waals surface area contributed by atoms with Gasteiger partial charge in [-0.25, -0.2) is 4.98 Å². The number of halogens is 1. The summed E-state index contributed by atoms with van der Waals surface area (Å²) in [6.07, 6.45) is 0.590. The summed E-state index contributed by atoms with van der Waals surface area (Å²) in [7, 11) is 0. The molecule has 0 saturated heterocycles. The van der Waals surface area contributed by atoms with Crippen LogP contribution in [0.2, 0.25) is 0 Å². The lowest BCUT2D eigenvalue weighted by Crippen LogP contribution is -2.10. The van der Waals surface area contributed by atoms with Crippen LogP contribution in [0, 0.1) is 13.8 Å². The molecule has 4 aromatic rings. The van der Waals surface area contributed by atoms with Crippen LogP contribution in [0.25, 0.3) is 11.1 Å². The minimum absolute atomic E-state index is 0.253. The Labute approximate surface area is 164 Å². The molecule has 0 aliphatic heterocycles. The smallest absolute Gasteiger partial charge is 0.291 e. The molecule has 2 aromatic heterocycles. The number of aromatic nitrogens is 1. The molecule has 2 aromatic carbocycles. The van der Waals surface area contributed by atoms with Crippen LogP contribution in [0.15, 0.2) is 62.0 Å². The van der Waals surface area contributed by atoms with Crippen LogP contribution in [-0.4, -0.2) is 10.9 Å². The van der Waals surface area contributed by atoms with Gasteiger partial charge in [0, 0.05) is 12.1 Å². The third-order valence-corrected chi connectivity index (χ3v) is 4.65. The zero-order valence-electron chi connectivity index (χ0n) is 14.9. The number of anilines is 1. The van der Waals surface area contributed by atoms with E-state index in [4.69, 9.17) is 8.83 Å². The fourth-order valence-electron chi connectivity index (χ4n) is 3.01. The summed E-state index contributed by atoms with van der Waals surface area (Å²) in [4.78, 5) is 16.7. The number of furan rings is 1. The molecule has 0 fully saturated rings. The number of carbonyl (C=O) groups excluding carboxylic acids is 1. The summed E-state index contributed by atoms with van der Waals surface area (Å²) >= 11 is 3.19. The van der Waals surface area contributed by atoms with Crippen LogP contribution < -0.4 is 5.32 Å². The Morgan fingerprint density at radius 3 is 2.56 bits per heavy atom. The van der Waals surface area contributed by atoms with E-state index in [9.17, 15) is 4.79 Å². The molecule has 0 spiro atoms. The van der Waals surface area contributed by atoms with Crippen LogP contribution in [-0.2, 0) is 6.42 Å². The number of oxazole rings is 1. The van der Waals surface area contributed by atoms with E-state index in [1.54, 1.807) is 12.1 Å². The maximum atomic E-state index is 12.1. The molecule has 0 bridgehead atoms. The highest BCUT2D eigenvalue weighted by Crippen LogP contribution is 2.23. The quantitative estimate of drug-likeness (QED) is 0.459. The first-order valence-electron chi connectivity index (χ1n) is 8.50. The second-order valence-electron chi connectivity index (χ2n) is 6.47. The first kappa shape index (κ1) is 17.5. The highest BCUT2D eigenvalue weighted by Gasteiger charge is 2.12. The molecule has 0 aliphatic carbocycles. The number of rotatable bonds is 4. The number of hydrogen-bond acceptors (Lipinski definition) is 4. The van der Waals surface area contributed by atoms with Crippen molar-refractivity contribution in [2.24, 2.45) is 0 Å². The van der Waals surface area contributed by atoms with Gasteiger partial charge in [-0.15, -0.1) is 0 Å². The van der Waals surface area contributed by atoms with Crippen molar-refractivity contribution in [3.05, 3.63) is 81.5 Å². The van der Waals surface area contributed by atoms with Gasteiger partial charge in [0.15, 0.2) is 21.9 Å². The number of carbonyl (C=O) groups is 1. The zero-order valence-corrected chi connectivity index (χ0v) is 16.5. The second kappa shape index (κ2) is 7.04. The van der Waals surface area contributed by atoms with Gasteiger partial charge in [0.05, 0.1) is 0 Å². The minimum Gasteiger partial charge on any atom is -0.444 e.